The predicted octanol–water partition coefficient (Wildman–Crippen LogP) is 3.33. The monoisotopic (exact) mass is 308 g/mol. The molecule has 0 unspecified atom stereocenters. The maximum absolute atomic E-state index is 12.8. The Balaban J connectivity index is 1.69. The van der Waals surface area contributed by atoms with Crippen molar-refractivity contribution in [2.24, 2.45) is 0 Å². The van der Waals surface area contributed by atoms with E-state index in [2.05, 4.69) is 20.4 Å². The van der Waals surface area contributed by atoms with E-state index in [-0.39, 0.29) is 5.82 Å². The van der Waals surface area contributed by atoms with Crippen LogP contribution in [-0.2, 0) is 5.75 Å². The van der Waals surface area contributed by atoms with E-state index >= 15 is 0 Å². The van der Waals surface area contributed by atoms with Gasteiger partial charge in [0.25, 0.3) is 0 Å². The lowest BCUT2D eigenvalue weighted by Crippen LogP contribution is -1.80. The molecule has 0 N–H and O–H groups in total. The number of aryl methyl sites for hydroxylation is 1. The summed E-state index contributed by atoms with van der Waals surface area (Å²) in [5, 5.41) is 16.8. The van der Waals surface area contributed by atoms with Crippen LogP contribution in [0, 0.1) is 12.7 Å². The highest BCUT2D eigenvalue weighted by atomic mass is 32.2. The van der Waals surface area contributed by atoms with Crippen molar-refractivity contribution in [2.75, 3.05) is 0 Å². The first-order chi connectivity index (χ1) is 9.70. The lowest BCUT2D eigenvalue weighted by Gasteiger charge is -1.94. The van der Waals surface area contributed by atoms with Gasteiger partial charge in [-0.3, -0.25) is 0 Å². The second-order valence-electron chi connectivity index (χ2n) is 3.88. The van der Waals surface area contributed by atoms with Gasteiger partial charge in [-0.25, -0.2) is 4.39 Å². The minimum absolute atomic E-state index is 0.296. The Morgan fingerprint density at radius 1 is 1.15 bits per heavy atom. The summed E-state index contributed by atoms with van der Waals surface area (Å²) in [6.07, 6.45) is 0. The molecular weight excluding hydrogens is 299 g/mol. The molecule has 0 aliphatic heterocycles. The number of thioether (sulfide) groups is 1. The molecule has 0 spiro atoms. The fourth-order valence-electron chi connectivity index (χ4n) is 1.48. The molecule has 2 heterocycles. The molecule has 2 aromatic heterocycles. The third-order valence-corrected chi connectivity index (χ3v) is 4.34. The Morgan fingerprint density at radius 2 is 1.95 bits per heavy atom. The average molecular weight is 308 g/mol. The Labute approximate surface area is 122 Å². The van der Waals surface area contributed by atoms with E-state index < -0.39 is 0 Å². The van der Waals surface area contributed by atoms with Gasteiger partial charge in [0.15, 0.2) is 4.34 Å². The zero-order valence-electron chi connectivity index (χ0n) is 10.4. The fourth-order valence-corrected chi connectivity index (χ4v) is 3.13. The Morgan fingerprint density at radius 3 is 2.65 bits per heavy atom. The largest absolute Gasteiger partial charge is 0.420 e. The molecule has 0 bridgehead atoms. The van der Waals surface area contributed by atoms with Crippen LogP contribution in [0.3, 0.4) is 0 Å². The molecule has 3 aromatic rings. The van der Waals surface area contributed by atoms with Gasteiger partial charge >= 0.3 is 0 Å². The summed E-state index contributed by atoms with van der Waals surface area (Å²) in [5.74, 6) is 1.12. The van der Waals surface area contributed by atoms with Crippen molar-refractivity contribution >= 4 is 23.1 Å². The number of benzene rings is 1. The van der Waals surface area contributed by atoms with E-state index in [9.17, 15) is 4.39 Å². The van der Waals surface area contributed by atoms with E-state index in [0.717, 1.165) is 9.35 Å². The summed E-state index contributed by atoms with van der Waals surface area (Å²) in [6.45, 7) is 1.90. The number of rotatable bonds is 4. The third kappa shape index (κ3) is 3.02. The van der Waals surface area contributed by atoms with E-state index in [4.69, 9.17) is 4.42 Å². The van der Waals surface area contributed by atoms with Crippen molar-refractivity contribution < 1.29 is 8.81 Å². The number of aromatic nitrogens is 4. The number of hydrogen-bond donors (Lipinski definition) is 0. The van der Waals surface area contributed by atoms with Crippen LogP contribution in [0.2, 0.25) is 0 Å². The fraction of sp³-hybridized carbons (Fsp3) is 0.167. The summed E-state index contributed by atoms with van der Waals surface area (Å²) in [6, 6.07) is 5.93. The molecule has 0 amide bonds. The zero-order valence-corrected chi connectivity index (χ0v) is 12.0. The van der Waals surface area contributed by atoms with Gasteiger partial charge in [-0.1, -0.05) is 23.1 Å². The predicted molar refractivity (Wildman–Crippen MR) is 73.9 cm³/mol. The molecule has 0 fully saturated rings. The standard InChI is InChI=1S/C12H9FN4OS2/c1-7-14-17-12(20-7)19-6-10-15-16-11(18-10)8-2-4-9(13)5-3-8/h2-5H,6H2,1H3. The highest BCUT2D eigenvalue weighted by Gasteiger charge is 2.10. The van der Waals surface area contributed by atoms with Gasteiger partial charge < -0.3 is 4.42 Å². The molecule has 0 aliphatic rings. The van der Waals surface area contributed by atoms with E-state index in [1.54, 1.807) is 12.1 Å². The first kappa shape index (κ1) is 13.2. The summed E-state index contributed by atoms with van der Waals surface area (Å²) in [7, 11) is 0. The van der Waals surface area contributed by atoms with Crippen molar-refractivity contribution in [1.29, 1.82) is 0 Å². The summed E-state index contributed by atoms with van der Waals surface area (Å²) in [5.41, 5.74) is 0.696. The van der Waals surface area contributed by atoms with Crippen LogP contribution in [-0.4, -0.2) is 20.4 Å². The Bertz CT molecular complexity index is 710. The maximum atomic E-state index is 12.8. The van der Waals surface area contributed by atoms with Crippen molar-refractivity contribution in [3.8, 4) is 11.5 Å². The van der Waals surface area contributed by atoms with E-state index in [1.807, 2.05) is 6.92 Å². The molecule has 5 nitrogen and oxygen atoms in total. The lowest BCUT2D eigenvalue weighted by atomic mass is 10.2. The molecule has 0 radical (unpaired) electrons. The van der Waals surface area contributed by atoms with Crippen molar-refractivity contribution in [3.63, 3.8) is 0 Å². The SMILES string of the molecule is Cc1nnc(SCc2nnc(-c3ccc(F)cc3)o2)s1. The van der Waals surface area contributed by atoms with Gasteiger partial charge in [0.05, 0.1) is 5.75 Å². The second-order valence-corrected chi connectivity index (χ2v) is 6.29. The normalized spacial score (nSPS) is 10.9. The van der Waals surface area contributed by atoms with Gasteiger partial charge in [-0.15, -0.1) is 20.4 Å². The lowest BCUT2D eigenvalue weighted by molar-refractivity contribution is 0.528. The van der Waals surface area contributed by atoms with Gasteiger partial charge in [-0.05, 0) is 31.2 Å². The average Bonchev–Trinajstić information content (AvgIpc) is 3.06. The molecule has 0 atom stereocenters. The van der Waals surface area contributed by atoms with Crippen LogP contribution in [0.4, 0.5) is 4.39 Å². The van der Waals surface area contributed by atoms with Crippen LogP contribution >= 0.6 is 23.1 Å². The van der Waals surface area contributed by atoms with Crippen LogP contribution < -0.4 is 0 Å². The van der Waals surface area contributed by atoms with Crippen molar-refractivity contribution in [2.45, 2.75) is 17.0 Å². The van der Waals surface area contributed by atoms with E-state index in [0.29, 0.717) is 23.1 Å². The van der Waals surface area contributed by atoms with Crippen LogP contribution in [0.25, 0.3) is 11.5 Å². The second kappa shape index (κ2) is 5.68. The van der Waals surface area contributed by atoms with Crippen molar-refractivity contribution in [3.05, 3.63) is 41.0 Å². The van der Waals surface area contributed by atoms with Crippen LogP contribution in [0.1, 0.15) is 10.9 Å². The smallest absolute Gasteiger partial charge is 0.247 e. The molecule has 20 heavy (non-hydrogen) atoms. The summed E-state index contributed by atoms with van der Waals surface area (Å²) >= 11 is 3.01. The third-order valence-electron chi connectivity index (χ3n) is 2.38. The molecule has 0 saturated carbocycles. The maximum Gasteiger partial charge on any atom is 0.247 e. The number of nitrogens with zero attached hydrogens (tertiary/aromatic N) is 4. The van der Waals surface area contributed by atoms with Gasteiger partial charge in [0.2, 0.25) is 11.8 Å². The Kier molecular flexibility index (Phi) is 3.75. The first-order valence-corrected chi connectivity index (χ1v) is 7.52. The highest BCUT2D eigenvalue weighted by Crippen LogP contribution is 2.26. The zero-order chi connectivity index (χ0) is 13.9. The van der Waals surface area contributed by atoms with Crippen LogP contribution in [0.5, 0.6) is 0 Å². The van der Waals surface area contributed by atoms with Crippen molar-refractivity contribution in [1.82, 2.24) is 20.4 Å². The molecule has 0 saturated heterocycles. The summed E-state index contributed by atoms with van der Waals surface area (Å²) in [4.78, 5) is 0. The minimum Gasteiger partial charge on any atom is -0.420 e. The molecule has 1 aromatic carbocycles. The number of halogens is 1. The molecule has 8 heteroatoms. The molecular formula is C12H9FN4OS2. The van der Waals surface area contributed by atoms with Crippen LogP contribution in [0.15, 0.2) is 33.0 Å². The minimum atomic E-state index is -0.296. The molecule has 102 valence electrons. The highest BCUT2D eigenvalue weighted by molar-refractivity contribution is 8.00. The topological polar surface area (TPSA) is 64.7 Å². The van der Waals surface area contributed by atoms with Gasteiger partial charge in [0.1, 0.15) is 10.8 Å². The Hall–Kier alpha value is -1.80. The first-order valence-electron chi connectivity index (χ1n) is 5.72. The van der Waals surface area contributed by atoms with Gasteiger partial charge in [0, 0.05) is 5.56 Å². The molecule has 0 aliphatic carbocycles. The molecule has 3 rings (SSSR count). The van der Waals surface area contributed by atoms with Gasteiger partial charge in [-0.2, -0.15) is 0 Å². The quantitative estimate of drug-likeness (QED) is 0.689. The van der Waals surface area contributed by atoms with E-state index in [1.165, 1.54) is 35.2 Å². The number of hydrogen-bond acceptors (Lipinski definition) is 7. The summed E-state index contributed by atoms with van der Waals surface area (Å²) < 4.78 is 19.2.